The van der Waals surface area contributed by atoms with E-state index in [2.05, 4.69) is 15.9 Å². The number of hydrogen-bond donors (Lipinski definition) is 0. The molecule has 0 atom stereocenters. The number of ether oxygens (including phenoxy) is 2. The normalized spacial score (nSPS) is 10.2. The largest absolute Gasteiger partial charge is 0.426 e. The fourth-order valence-corrected chi connectivity index (χ4v) is 2.34. The van der Waals surface area contributed by atoms with E-state index in [1.54, 1.807) is 36.4 Å². The van der Waals surface area contributed by atoms with Crippen LogP contribution in [0.1, 0.15) is 36.5 Å². The van der Waals surface area contributed by atoms with E-state index in [9.17, 15) is 9.59 Å². The van der Waals surface area contributed by atoms with E-state index in [1.165, 1.54) is 6.07 Å². The van der Waals surface area contributed by atoms with Crippen molar-refractivity contribution in [1.29, 1.82) is 0 Å². The van der Waals surface area contributed by atoms with Gasteiger partial charge in [0.2, 0.25) is 0 Å². The number of esters is 2. The number of unbranched alkanes of at least 4 members (excludes halogenated alkanes) is 1. The first-order valence-electron chi connectivity index (χ1n) is 7.37. The third-order valence-corrected chi connectivity index (χ3v) is 3.77. The van der Waals surface area contributed by atoms with E-state index < -0.39 is 5.97 Å². The van der Waals surface area contributed by atoms with Gasteiger partial charge in [-0.2, -0.15) is 0 Å². The molecule has 2 aromatic rings. The van der Waals surface area contributed by atoms with Crippen LogP contribution in [-0.2, 0) is 4.79 Å². The van der Waals surface area contributed by atoms with E-state index in [0.717, 1.165) is 12.8 Å². The molecule has 0 saturated heterocycles. The smallest absolute Gasteiger partial charge is 0.344 e. The van der Waals surface area contributed by atoms with Crippen molar-refractivity contribution in [2.24, 2.45) is 0 Å². The molecule has 0 aliphatic heterocycles. The summed E-state index contributed by atoms with van der Waals surface area (Å²) in [5, 5.41) is 0. The van der Waals surface area contributed by atoms with Crippen molar-refractivity contribution in [3.05, 3.63) is 58.6 Å². The Morgan fingerprint density at radius 2 is 1.70 bits per heavy atom. The Hall–Kier alpha value is -2.14. The number of hydrogen-bond acceptors (Lipinski definition) is 4. The van der Waals surface area contributed by atoms with Crippen molar-refractivity contribution in [2.75, 3.05) is 0 Å². The zero-order valence-corrected chi connectivity index (χ0v) is 14.3. The molecule has 0 unspecified atom stereocenters. The quantitative estimate of drug-likeness (QED) is 0.538. The van der Waals surface area contributed by atoms with E-state index in [1.807, 2.05) is 13.0 Å². The van der Waals surface area contributed by atoms with Crippen LogP contribution in [0.5, 0.6) is 11.5 Å². The van der Waals surface area contributed by atoms with Crippen LogP contribution in [0.2, 0.25) is 0 Å². The molecular formula is C18H17BrO4. The summed E-state index contributed by atoms with van der Waals surface area (Å²) in [6.07, 6.45) is 2.09. The van der Waals surface area contributed by atoms with Crippen molar-refractivity contribution in [1.82, 2.24) is 0 Å². The summed E-state index contributed by atoms with van der Waals surface area (Å²) >= 11 is 3.31. The van der Waals surface area contributed by atoms with Crippen LogP contribution in [0.15, 0.2) is 53.0 Å². The maximum Gasteiger partial charge on any atom is 0.344 e. The Balaban J connectivity index is 2.04. The highest BCUT2D eigenvalue weighted by Gasteiger charge is 2.12. The number of carbonyl (C=O) groups is 2. The zero-order chi connectivity index (χ0) is 16.7. The summed E-state index contributed by atoms with van der Waals surface area (Å²) in [6.45, 7) is 2.01. The van der Waals surface area contributed by atoms with Gasteiger partial charge in [-0.1, -0.05) is 31.5 Å². The predicted octanol–water partition coefficient (Wildman–Crippen LogP) is 4.76. The van der Waals surface area contributed by atoms with Gasteiger partial charge < -0.3 is 9.47 Å². The van der Waals surface area contributed by atoms with Gasteiger partial charge in [0.1, 0.15) is 11.5 Å². The standard InChI is InChI=1S/C18H17BrO4/c1-2-3-11-17(20)22-13-7-6-8-14(12-13)23-18(21)15-9-4-5-10-16(15)19/h4-10,12H,2-3,11H2,1H3. The maximum absolute atomic E-state index is 12.1. The minimum atomic E-state index is -0.480. The molecule has 0 saturated carbocycles. The first-order valence-corrected chi connectivity index (χ1v) is 8.17. The number of rotatable bonds is 6. The maximum atomic E-state index is 12.1. The minimum Gasteiger partial charge on any atom is -0.426 e. The molecule has 0 bridgehead atoms. The molecule has 0 spiro atoms. The molecule has 2 rings (SSSR count). The van der Waals surface area contributed by atoms with Crippen molar-refractivity contribution >= 4 is 27.9 Å². The second kappa shape index (κ2) is 8.48. The van der Waals surface area contributed by atoms with Gasteiger partial charge in [-0.15, -0.1) is 0 Å². The Kier molecular flexibility index (Phi) is 6.35. The predicted molar refractivity (Wildman–Crippen MR) is 90.7 cm³/mol. The summed E-state index contributed by atoms with van der Waals surface area (Å²) in [5.74, 6) is -0.0804. The molecule has 0 fully saturated rings. The van der Waals surface area contributed by atoms with E-state index in [-0.39, 0.29) is 5.97 Å². The highest BCUT2D eigenvalue weighted by molar-refractivity contribution is 9.10. The Morgan fingerprint density at radius 3 is 2.39 bits per heavy atom. The molecule has 0 aliphatic rings. The second-order valence-corrected chi connectivity index (χ2v) is 5.78. The summed E-state index contributed by atoms with van der Waals surface area (Å²) in [5.41, 5.74) is 0.429. The van der Waals surface area contributed by atoms with Crippen molar-refractivity contribution in [2.45, 2.75) is 26.2 Å². The van der Waals surface area contributed by atoms with Crippen LogP contribution in [0.3, 0.4) is 0 Å². The van der Waals surface area contributed by atoms with Gasteiger partial charge in [0.15, 0.2) is 0 Å². The topological polar surface area (TPSA) is 52.6 Å². The van der Waals surface area contributed by atoms with Crippen molar-refractivity contribution in [3.8, 4) is 11.5 Å². The fraction of sp³-hybridized carbons (Fsp3) is 0.222. The third-order valence-electron chi connectivity index (χ3n) is 3.08. The molecule has 2 aromatic carbocycles. The first kappa shape index (κ1) is 17.2. The average molecular weight is 377 g/mol. The molecule has 0 radical (unpaired) electrons. The van der Waals surface area contributed by atoms with E-state index >= 15 is 0 Å². The van der Waals surface area contributed by atoms with Gasteiger partial charge in [-0.25, -0.2) is 4.79 Å². The summed E-state index contributed by atoms with van der Waals surface area (Å²) in [4.78, 5) is 23.8. The lowest BCUT2D eigenvalue weighted by molar-refractivity contribution is -0.134. The lowest BCUT2D eigenvalue weighted by Crippen LogP contribution is -2.10. The number of carbonyl (C=O) groups excluding carboxylic acids is 2. The molecule has 0 aromatic heterocycles. The molecule has 0 N–H and O–H groups in total. The van der Waals surface area contributed by atoms with Crippen molar-refractivity contribution < 1.29 is 19.1 Å². The number of benzene rings is 2. The van der Waals surface area contributed by atoms with E-state index in [4.69, 9.17) is 9.47 Å². The molecule has 0 amide bonds. The van der Waals surface area contributed by atoms with Crippen LogP contribution < -0.4 is 9.47 Å². The summed E-state index contributed by atoms with van der Waals surface area (Å²) in [6, 6.07) is 13.5. The van der Waals surface area contributed by atoms with Gasteiger partial charge in [-0.05, 0) is 46.6 Å². The Labute approximate surface area is 143 Å². The average Bonchev–Trinajstić information content (AvgIpc) is 2.53. The van der Waals surface area contributed by atoms with Gasteiger partial charge in [0, 0.05) is 17.0 Å². The second-order valence-electron chi connectivity index (χ2n) is 4.92. The zero-order valence-electron chi connectivity index (χ0n) is 12.8. The number of halogens is 1. The third kappa shape index (κ3) is 5.21. The SMILES string of the molecule is CCCCC(=O)Oc1cccc(OC(=O)c2ccccc2Br)c1. The van der Waals surface area contributed by atoms with Crippen LogP contribution in [0, 0.1) is 0 Å². The fourth-order valence-electron chi connectivity index (χ4n) is 1.89. The Bertz CT molecular complexity index is 697. The van der Waals surface area contributed by atoms with E-state index in [0.29, 0.717) is 28.0 Å². The molecular weight excluding hydrogens is 360 g/mol. The lowest BCUT2D eigenvalue weighted by Gasteiger charge is -2.08. The van der Waals surface area contributed by atoms with Gasteiger partial charge in [0.25, 0.3) is 0 Å². The lowest BCUT2D eigenvalue weighted by atomic mass is 10.2. The first-order chi connectivity index (χ1) is 11.1. The van der Waals surface area contributed by atoms with Crippen LogP contribution in [0.4, 0.5) is 0 Å². The monoisotopic (exact) mass is 376 g/mol. The van der Waals surface area contributed by atoms with Crippen LogP contribution >= 0.6 is 15.9 Å². The highest BCUT2D eigenvalue weighted by Crippen LogP contribution is 2.23. The van der Waals surface area contributed by atoms with Crippen LogP contribution in [-0.4, -0.2) is 11.9 Å². The van der Waals surface area contributed by atoms with Gasteiger partial charge >= 0.3 is 11.9 Å². The van der Waals surface area contributed by atoms with Crippen molar-refractivity contribution in [3.63, 3.8) is 0 Å². The Morgan fingerprint density at radius 1 is 1.00 bits per heavy atom. The molecule has 23 heavy (non-hydrogen) atoms. The summed E-state index contributed by atoms with van der Waals surface area (Å²) in [7, 11) is 0. The molecule has 5 heteroatoms. The molecule has 4 nitrogen and oxygen atoms in total. The highest BCUT2D eigenvalue weighted by atomic mass is 79.9. The molecule has 0 aliphatic carbocycles. The van der Waals surface area contributed by atoms with Gasteiger partial charge in [-0.3, -0.25) is 4.79 Å². The minimum absolute atomic E-state index is 0.291. The van der Waals surface area contributed by atoms with Gasteiger partial charge in [0.05, 0.1) is 5.56 Å². The molecule has 120 valence electrons. The van der Waals surface area contributed by atoms with Crippen LogP contribution in [0.25, 0.3) is 0 Å². The molecule has 0 heterocycles. The summed E-state index contributed by atoms with van der Waals surface area (Å²) < 4.78 is 11.2.